The number of carbonyl (C=O) groups is 1. The van der Waals surface area contributed by atoms with E-state index in [1.807, 2.05) is 0 Å². The van der Waals surface area contributed by atoms with Crippen LogP contribution in [-0.2, 0) is 5.60 Å². The summed E-state index contributed by atoms with van der Waals surface area (Å²) in [7, 11) is 1.52. The number of methoxy groups -OCH3 is 1. The van der Waals surface area contributed by atoms with Crippen molar-refractivity contribution in [2.24, 2.45) is 5.92 Å². The number of furan rings is 1. The van der Waals surface area contributed by atoms with E-state index in [-0.39, 0.29) is 18.4 Å². The van der Waals surface area contributed by atoms with E-state index in [9.17, 15) is 9.90 Å². The van der Waals surface area contributed by atoms with Gasteiger partial charge in [-0.25, -0.2) is 0 Å². The van der Waals surface area contributed by atoms with Crippen LogP contribution in [0.25, 0.3) is 0 Å². The summed E-state index contributed by atoms with van der Waals surface area (Å²) >= 11 is 0. The van der Waals surface area contributed by atoms with Gasteiger partial charge in [-0.3, -0.25) is 4.79 Å². The predicted octanol–water partition coefficient (Wildman–Crippen LogP) is 2.32. The smallest absolute Gasteiger partial charge is 0.255 e. The first-order valence-electron chi connectivity index (χ1n) is 7.32. The lowest BCUT2D eigenvalue weighted by molar-refractivity contribution is -0.00613. The Labute approximate surface area is 128 Å². The fourth-order valence-corrected chi connectivity index (χ4v) is 2.66. The SMILES string of the molecule is COc1ccccc1C(=O)NCC(O)(c1ccco1)C1CC1. The Kier molecular flexibility index (Phi) is 3.90. The zero-order chi connectivity index (χ0) is 15.6. The molecule has 1 aromatic heterocycles. The number of para-hydroxylation sites is 1. The fraction of sp³-hybridized carbons (Fsp3) is 0.353. The highest BCUT2D eigenvalue weighted by Gasteiger charge is 2.47. The number of aliphatic hydroxyl groups is 1. The molecule has 1 unspecified atom stereocenters. The van der Waals surface area contributed by atoms with Gasteiger partial charge in [0.15, 0.2) is 0 Å². The molecule has 1 saturated carbocycles. The summed E-state index contributed by atoms with van der Waals surface area (Å²) in [6, 6.07) is 10.5. The second-order valence-electron chi connectivity index (χ2n) is 5.56. The lowest BCUT2D eigenvalue weighted by atomic mass is 9.94. The molecular weight excluding hydrogens is 282 g/mol. The molecule has 116 valence electrons. The molecule has 0 aliphatic heterocycles. The molecule has 2 N–H and O–H groups in total. The molecule has 1 amide bonds. The van der Waals surface area contributed by atoms with E-state index in [2.05, 4.69) is 5.32 Å². The molecule has 1 fully saturated rings. The summed E-state index contributed by atoms with van der Waals surface area (Å²) in [6.07, 6.45) is 3.40. The Balaban J connectivity index is 1.74. The summed E-state index contributed by atoms with van der Waals surface area (Å²) in [5.74, 6) is 0.850. The zero-order valence-electron chi connectivity index (χ0n) is 12.4. The molecule has 5 nitrogen and oxygen atoms in total. The average molecular weight is 301 g/mol. The number of amides is 1. The van der Waals surface area contributed by atoms with Gasteiger partial charge in [0.1, 0.15) is 17.1 Å². The van der Waals surface area contributed by atoms with Gasteiger partial charge in [-0.05, 0) is 43.0 Å². The normalized spacial score (nSPS) is 16.8. The summed E-state index contributed by atoms with van der Waals surface area (Å²) in [5.41, 5.74) is -0.705. The molecule has 2 aromatic rings. The van der Waals surface area contributed by atoms with Crippen molar-refractivity contribution in [3.63, 3.8) is 0 Å². The van der Waals surface area contributed by atoms with Crippen LogP contribution in [-0.4, -0.2) is 24.7 Å². The molecule has 1 aliphatic carbocycles. The lowest BCUT2D eigenvalue weighted by Gasteiger charge is -2.26. The number of hydrogen-bond donors (Lipinski definition) is 2. The van der Waals surface area contributed by atoms with Crippen LogP contribution >= 0.6 is 0 Å². The molecule has 0 radical (unpaired) electrons. The van der Waals surface area contributed by atoms with Crippen LogP contribution < -0.4 is 10.1 Å². The molecular formula is C17H19NO4. The molecule has 0 spiro atoms. The van der Waals surface area contributed by atoms with E-state index in [4.69, 9.17) is 9.15 Å². The first-order valence-corrected chi connectivity index (χ1v) is 7.32. The quantitative estimate of drug-likeness (QED) is 0.859. The van der Waals surface area contributed by atoms with Gasteiger partial charge in [-0.2, -0.15) is 0 Å². The van der Waals surface area contributed by atoms with Crippen LogP contribution in [0, 0.1) is 5.92 Å². The van der Waals surface area contributed by atoms with Gasteiger partial charge in [-0.1, -0.05) is 12.1 Å². The maximum atomic E-state index is 12.4. The Morgan fingerprint density at radius 1 is 1.36 bits per heavy atom. The second-order valence-corrected chi connectivity index (χ2v) is 5.56. The van der Waals surface area contributed by atoms with Gasteiger partial charge in [0.05, 0.1) is 25.5 Å². The van der Waals surface area contributed by atoms with Crippen molar-refractivity contribution < 1.29 is 19.1 Å². The molecule has 1 heterocycles. The van der Waals surface area contributed by atoms with E-state index in [0.29, 0.717) is 17.1 Å². The maximum absolute atomic E-state index is 12.4. The molecule has 1 atom stereocenters. The Morgan fingerprint density at radius 3 is 2.77 bits per heavy atom. The highest BCUT2D eigenvalue weighted by atomic mass is 16.5. The van der Waals surface area contributed by atoms with Crippen LogP contribution in [0.1, 0.15) is 29.0 Å². The monoisotopic (exact) mass is 301 g/mol. The standard InChI is InChI=1S/C17H19NO4/c1-21-14-6-3-2-5-13(14)16(19)18-11-17(20,12-8-9-12)15-7-4-10-22-15/h2-7,10,12,20H,8-9,11H2,1H3,(H,18,19). The summed E-state index contributed by atoms with van der Waals surface area (Å²) < 4.78 is 10.5. The largest absolute Gasteiger partial charge is 0.496 e. The van der Waals surface area contributed by atoms with Crippen molar-refractivity contribution in [2.45, 2.75) is 18.4 Å². The lowest BCUT2D eigenvalue weighted by Crippen LogP contribution is -2.42. The third kappa shape index (κ3) is 2.72. The van der Waals surface area contributed by atoms with Crippen LogP contribution in [0.4, 0.5) is 0 Å². The molecule has 3 rings (SSSR count). The van der Waals surface area contributed by atoms with E-state index >= 15 is 0 Å². The minimum absolute atomic E-state index is 0.113. The predicted molar refractivity (Wildman–Crippen MR) is 80.7 cm³/mol. The molecule has 0 saturated heterocycles. The van der Waals surface area contributed by atoms with E-state index < -0.39 is 5.60 Å². The highest BCUT2D eigenvalue weighted by molar-refractivity contribution is 5.96. The number of benzene rings is 1. The molecule has 22 heavy (non-hydrogen) atoms. The number of nitrogens with one attached hydrogen (secondary N) is 1. The van der Waals surface area contributed by atoms with Gasteiger partial charge in [0.2, 0.25) is 0 Å². The fourth-order valence-electron chi connectivity index (χ4n) is 2.66. The van der Waals surface area contributed by atoms with Gasteiger partial charge >= 0.3 is 0 Å². The zero-order valence-corrected chi connectivity index (χ0v) is 12.4. The summed E-state index contributed by atoms with van der Waals surface area (Å²) in [4.78, 5) is 12.4. The third-order valence-electron chi connectivity index (χ3n) is 4.07. The van der Waals surface area contributed by atoms with Crippen molar-refractivity contribution in [3.05, 3.63) is 54.0 Å². The van der Waals surface area contributed by atoms with Crippen LogP contribution in [0.15, 0.2) is 47.1 Å². The minimum atomic E-state index is -1.15. The van der Waals surface area contributed by atoms with Crippen molar-refractivity contribution >= 4 is 5.91 Å². The van der Waals surface area contributed by atoms with E-state index in [1.165, 1.54) is 13.4 Å². The van der Waals surface area contributed by atoms with Crippen LogP contribution in [0.2, 0.25) is 0 Å². The van der Waals surface area contributed by atoms with Crippen molar-refractivity contribution in [1.82, 2.24) is 5.32 Å². The van der Waals surface area contributed by atoms with E-state index in [1.54, 1.807) is 36.4 Å². The topological polar surface area (TPSA) is 71.7 Å². The minimum Gasteiger partial charge on any atom is -0.496 e. The Morgan fingerprint density at radius 2 is 2.14 bits per heavy atom. The number of ether oxygens (including phenoxy) is 1. The first kappa shape index (κ1) is 14.7. The molecule has 5 heteroatoms. The number of rotatable bonds is 6. The van der Waals surface area contributed by atoms with Crippen molar-refractivity contribution in [3.8, 4) is 5.75 Å². The maximum Gasteiger partial charge on any atom is 0.255 e. The van der Waals surface area contributed by atoms with Crippen molar-refractivity contribution in [2.75, 3.05) is 13.7 Å². The van der Waals surface area contributed by atoms with Gasteiger partial charge < -0.3 is 19.6 Å². The third-order valence-corrected chi connectivity index (χ3v) is 4.07. The summed E-state index contributed by atoms with van der Waals surface area (Å²) in [5, 5.41) is 13.7. The summed E-state index contributed by atoms with van der Waals surface area (Å²) in [6.45, 7) is 0.113. The number of carbonyl (C=O) groups excluding carboxylic acids is 1. The molecule has 1 aromatic carbocycles. The molecule has 1 aliphatic rings. The average Bonchev–Trinajstić information content (AvgIpc) is 3.27. The number of hydrogen-bond acceptors (Lipinski definition) is 4. The van der Waals surface area contributed by atoms with Crippen LogP contribution in [0.5, 0.6) is 5.75 Å². The van der Waals surface area contributed by atoms with Gasteiger partial charge in [0, 0.05) is 0 Å². The van der Waals surface area contributed by atoms with Crippen molar-refractivity contribution in [1.29, 1.82) is 0 Å². The van der Waals surface area contributed by atoms with Gasteiger partial charge in [0.25, 0.3) is 5.91 Å². The van der Waals surface area contributed by atoms with Gasteiger partial charge in [-0.15, -0.1) is 0 Å². The molecule has 0 bridgehead atoms. The highest BCUT2D eigenvalue weighted by Crippen LogP contribution is 2.45. The van der Waals surface area contributed by atoms with E-state index in [0.717, 1.165) is 12.8 Å². The van der Waals surface area contributed by atoms with Crippen LogP contribution in [0.3, 0.4) is 0 Å². The Hall–Kier alpha value is -2.27. The first-order chi connectivity index (χ1) is 10.6. The Bertz CT molecular complexity index is 648. The second kappa shape index (κ2) is 5.85.